The highest BCUT2D eigenvalue weighted by molar-refractivity contribution is 5.85. The average molecular weight is 454 g/mol. The lowest BCUT2D eigenvalue weighted by atomic mass is 9.98. The minimum Gasteiger partial charge on any atom is -0.333 e. The molecule has 0 amide bonds. The minimum atomic E-state index is 0. The van der Waals surface area contributed by atoms with Gasteiger partial charge in [-0.25, -0.2) is 14.6 Å². The van der Waals surface area contributed by atoms with Crippen molar-refractivity contribution in [1.29, 1.82) is 0 Å². The van der Waals surface area contributed by atoms with Crippen molar-refractivity contribution >= 4 is 24.8 Å². The van der Waals surface area contributed by atoms with Gasteiger partial charge in [-0.05, 0) is 26.4 Å². The number of hydrogen-bond acceptors (Lipinski definition) is 6. The fraction of sp³-hybridized carbons (Fsp3) is 0.579. The second kappa shape index (κ2) is 9.47. The van der Waals surface area contributed by atoms with Gasteiger partial charge in [0.15, 0.2) is 11.6 Å². The van der Waals surface area contributed by atoms with E-state index in [-0.39, 0.29) is 24.8 Å². The molecule has 3 aromatic heterocycles. The van der Waals surface area contributed by atoms with Crippen LogP contribution in [0.5, 0.6) is 0 Å². The molecule has 1 N–H and O–H groups in total. The topological polar surface area (TPSA) is 81.6 Å². The highest BCUT2D eigenvalue weighted by Crippen LogP contribution is 2.28. The van der Waals surface area contributed by atoms with Crippen LogP contribution in [0.15, 0.2) is 18.6 Å². The molecule has 0 radical (unpaired) electrons. The standard InChI is InChI=1S/C19H27N9.2ClH/c1-25-8-3-4-14(11-25)18-23-19(28(24-18)15-10-21-26(2)12-15)16-13-27-9-7-20-6-5-17(27)22-16;;/h10,12-14,20H,3-9,11H2,1-2H3;2*1H. The van der Waals surface area contributed by atoms with Gasteiger partial charge in [0, 0.05) is 51.8 Å². The normalized spacial score (nSPS) is 19.5. The van der Waals surface area contributed by atoms with E-state index in [0.717, 1.165) is 74.4 Å². The molecule has 0 aliphatic carbocycles. The van der Waals surface area contributed by atoms with Crippen molar-refractivity contribution in [2.75, 3.05) is 33.2 Å². The van der Waals surface area contributed by atoms with Gasteiger partial charge in [-0.2, -0.15) is 10.2 Å². The molecule has 1 atom stereocenters. The van der Waals surface area contributed by atoms with E-state index in [9.17, 15) is 0 Å². The molecule has 0 spiro atoms. The van der Waals surface area contributed by atoms with Crippen molar-refractivity contribution in [1.82, 2.24) is 44.3 Å². The maximum Gasteiger partial charge on any atom is 0.183 e. The predicted molar refractivity (Wildman–Crippen MR) is 120 cm³/mol. The van der Waals surface area contributed by atoms with Crippen molar-refractivity contribution in [2.45, 2.75) is 31.7 Å². The Hall–Kier alpha value is -1.94. The predicted octanol–water partition coefficient (Wildman–Crippen LogP) is 1.66. The first kappa shape index (κ1) is 22.7. The van der Waals surface area contributed by atoms with E-state index in [4.69, 9.17) is 15.1 Å². The van der Waals surface area contributed by atoms with Gasteiger partial charge < -0.3 is 14.8 Å². The number of nitrogens with zero attached hydrogens (tertiary/aromatic N) is 8. The summed E-state index contributed by atoms with van der Waals surface area (Å²) in [5.41, 5.74) is 1.81. The zero-order valence-electron chi connectivity index (χ0n) is 17.4. The third-order valence-corrected chi connectivity index (χ3v) is 5.69. The molecule has 30 heavy (non-hydrogen) atoms. The number of likely N-dealkylation sites (tertiary alicyclic amines) is 1. The van der Waals surface area contributed by atoms with Crippen LogP contribution >= 0.6 is 24.8 Å². The third-order valence-electron chi connectivity index (χ3n) is 5.69. The molecule has 164 valence electrons. The number of fused-ring (bicyclic) bond motifs is 1. The van der Waals surface area contributed by atoms with Crippen LogP contribution < -0.4 is 5.32 Å². The van der Waals surface area contributed by atoms with E-state index in [1.807, 2.05) is 24.1 Å². The van der Waals surface area contributed by atoms with Crippen LogP contribution in [0.25, 0.3) is 17.2 Å². The fourth-order valence-corrected chi connectivity index (χ4v) is 4.22. The summed E-state index contributed by atoms with van der Waals surface area (Å²) >= 11 is 0. The molecule has 5 rings (SSSR count). The summed E-state index contributed by atoms with van der Waals surface area (Å²) in [6.07, 6.45) is 9.17. The van der Waals surface area contributed by atoms with Crippen LogP contribution in [-0.4, -0.2) is 72.2 Å². The molecular formula is C19H29Cl2N9. The van der Waals surface area contributed by atoms with E-state index in [2.05, 4.69) is 33.1 Å². The summed E-state index contributed by atoms with van der Waals surface area (Å²) in [5.74, 6) is 3.19. The molecule has 9 nitrogen and oxygen atoms in total. The highest BCUT2D eigenvalue weighted by Gasteiger charge is 2.26. The fourth-order valence-electron chi connectivity index (χ4n) is 4.22. The molecule has 5 heterocycles. The van der Waals surface area contributed by atoms with Gasteiger partial charge >= 0.3 is 0 Å². The van der Waals surface area contributed by atoms with Crippen molar-refractivity contribution in [3.63, 3.8) is 0 Å². The second-order valence-corrected chi connectivity index (χ2v) is 7.91. The number of hydrogen-bond donors (Lipinski definition) is 1. The first-order valence-corrected chi connectivity index (χ1v) is 10.1. The maximum absolute atomic E-state index is 4.99. The number of piperidine rings is 1. The third kappa shape index (κ3) is 4.39. The van der Waals surface area contributed by atoms with Crippen LogP contribution in [-0.2, 0) is 20.0 Å². The van der Waals surface area contributed by atoms with Gasteiger partial charge in [0.2, 0.25) is 0 Å². The molecule has 0 bridgehead atoms. The first-order valence-electron chi connectivity index (χ1n) is 10.1. The van der Waals surface area contributed by atoms with E-state index in [1.54, 1.807) is 4.68 Å². The number of aryl methyl sites for hydroxylation is 1. The number of rotatable bonds is 3. The lowest BCUT2D eigenvalue weighted by molar-refractivity contribution is 0.246. The molecule has 1 saturated heterocycles. The first-order chi connectivity index (χ1) is 13.7. The number of aromatic nitrogens is 7. The molecule has 0 aromatic carbocycles. The van der Waals surface area contributed by atoms with Crippen LogP contribution in [0.2, 0.25) is 0 Å². The molecule has 0 saturated carbocycles. The second-order valence-electron chi connectivity index (χ2n) is 7.91. The summed E-state index contributed by atoms with van der Waals surface area (Å²) in [6, 6.07) is 0. The minimum absolute atomic E-state index is 0. The quantitative estimate of drug-likeness (QED) is 0.649. The Kier molecular flexibility index (Phi) is 7.18. The van der Waals surface area contributed by atoms with Gasteiger partial charge in [0.25, 0.3) is 0 Å². The van der Waals surface area contributed by atoms with Crippen molar-refractivity contribution < 1.29 is 0 Å². The number of halogens is 2. The van der Waals surface area contributed by atoms with Crippen molar-refractivity contribution in [2.24, 2.45) is 7.05 Å². The van der Waals surface area contributed by atoms with Gasteiger partial charge in [-0.1, -0.05) is 0 Å². The zero-order chi connectivity index (χ0) is 19.1. The van der Waals surface area contributed by atoms with Crippen molar-refractivity contribution in [3.05, 3.63) is 30.2 Å². The molecular weight excluding hydrogens is 425 g/mol. The summed E-state index contributed by atoms with van der Waals surface area (Å²) in [4.78, 5) is 12.3. The van der Waals surface area contributed by atoms with Gasteiger partial charge in [-0.3, -0.25) is 4.68 Å². The molecule has 11 heteroatoms. The maximum atomic E-state index is 4.99. The zero-order valence-corrected chi connectivity index (χ0v) is 19.0. The van der Waals surface area contributed by atoms with E-state index < -0.39 is 0 Å². The smallest absolute Gasteiger partial charge is 0.183 e. The molecule has 2 aliphatic heterocycles. The Morgan fingerprint density at radius 1 is 1.07 bits per heavy atom. The Labute approximate surface area is 188 Å². The summed E-state index contributed by atoms with van der Waals surface area (Å²) in [7, 11) is 4.09. The SMILES string of the molecule is CN1CCCC(c2nc(-c3cn4c(n3)CCNCC4)n(-c3cnn(C)c3)n2)C1.Cl.Cl. The summed E-state index contributed by atoms with van der Waals surface area (Å²) in [6.45, 7) is 5.02. The van der Waals surface area contributed by atoms with Crippen molar-refractivity contribution in [3.8, 4) is 17.2 Å². The Balaban J connectivity index is 0.00000128. The largest absolute Gasteiger partial charge is 0.333 e. The highest BCUT2D eigenvalue weighted by atomic mass is 35.5. The van der Waals surface area contributed by atoms with E-state index in [1.165, 1.54) is 6.42 Å². The lowest BCUT2D eigenvalue weighted by Gasteiger charge is -2.27. The number of nitrogens with one attached hydrogen (secondary N) is 1. The number of likely N-dealkylation sites (N-methyl/N-ethyl adjacent to an activating group) is 1. The summed E-state index contributed by atoms with van der Waals surface area (Å²) in [5, 5.41) is 12.7. The average Bonchev–Trinajstić information content (AvgIpc) is 3.37. The Morgan fingerprint density at radius 3 is 2.70 bits per heavy atom. The lowest BCUT2D eigenvalue weighted by Crippen LogP contribution is -2.31. The molecule has 2 aliphatic rings. The summed E-state index contributed by atoms with van der Waals surface area (Å²) < 4.78 is 5.95. The van der Waals surface area contributed by atoms with Gasteiger partial charge in [0.05, 0.1) is 12.4 Å². The van der Waals surface area contributed by atoms with Gasteiger partial charge in [-0.15, -0.1) is 24.8 Å². The Morgan fingerprint density at radius 2 is 1.93 bits per heavy atom. The molecule has 1 fully saturated rings. The van der Waals surface area contributed by atoms with E-state index >= 15 is 0 Å². The molecule has 3 aromatic rings. The van der Waals surface area contributed by atoms with Crippen LogP contribution in [0.1, 0.15) is 30.4 Å². The monoisotopic (exact) mass is 453 g/mol. The number of imidazole rings is 1. The van der Waals surface area contributed by atoms with Crippen LogP contribution in [0.3, 0.4) is 0 Å². The Bertz CT molecular complexity index is 953. The van der Waals surface area contributed by atoms with Gasteiger partial charge in [0.1, 0.15) is 17.2 Å². The van der Waals surface area contributed by atoms with E-state index in [0.29, 0.717) is 5.92 Å². The van der Waals surface area contributed by atoms with Crippen LogP contribution in [0, 0.1) is 0 Å². The van der Waals surface area contributed by atoms with Crippen LogP contribution in [0.4, 0.5) is 0 Å². The molecule has 1 unspecified atom stereocenters.